The maximum absolute atomic E-state index is 13.3. The summed E-state index contributed by atoms with van der Waals surface area (Å²) in [5.41, 5.74) is 1.92. The first-order valence-electron chi connectivity index (χ1n) is 10.8. The molecule has 0 spiro atoms. The maximum atomic E-state index is 13.3. The number of benzene rings is 2. The Morgan fingerprint density at radius 3 is 2.50 bits per heavy atom. The summed E-state index contributed by atoms with van der Waals surface area (Å²) in [6, 6.07) is 11.4. The van der Waals surface area contributed by atoms with Crippen molar-refractivity contribution in [3.63, 3.8) is 0 Å². The van der Waals surface area contributed by atoms with Gasteiger partial charge in [0.15, 0.2) is 11.5 Å². The van der Waals surface area contributed by atoms with Crippen LogP contribution in [0, 0.1) is 10.1 Å². The smallest absolute Gasteiger partial charge is 0.336 e. The first-order chi connectivity index (χ1) is 16.2. The number of hydrogen-bond acceptors (Lipinski definition) is 7. The van der Waals surface area contributed by atoms with E-state index < -0.39 is 16.8 Å². The normalized spacial score (nSPS) is 16.0. The lowest BCUT2D eigenvalue weighted by atomic mass is 9.83. The van der Waals surface area contributed by atoms with Gasteiger partial charge in [0.2, 0.25) is 5.91 Å². The van der Waals surface area contributed by atoms with Crippen molar-refractivity contribution in [2.24, 2.45) is 0 Å². The predicted octanol–water partition coefficient (Wildman–Crippen LogP) is 4.35. The summed E-state index contributed by atoms with van der Waals surface area (Å²) in [4.78, 5) is 38.7. The minimum atomic E-state index is -0.606. The number of hydrogen-bond donors (Lipinski definition) is 0. The van der Waals surface area contributed by atoms with Crippen molar-refractivity contribution in [2.45, 2.75) is 45.8 Å². The van der Waals surface area contributed by atoms with E-state index in [4.69, 9.17) is 14.2 Å². The number of ether oxygens (including phenoxy) is 3. The van der Waals surface area contributed by atoms with Crippen LogP contribution in [0.4, 0.5) is 5.69 Å². The Bertz CT molecular complexity index is 1140. The number of nitrogens with zero attached hydrogens (tertiary/aromatic N) is 2. The molecule has 180 valence electrons. The standard InChI is InChI=1S/C25H28N2O7/c1-15(2)34-25(29)23-16(3)26(14-17-8-6-9-18(12-17)27(30)31)22(28)13-20(23)19-10-7-11-21(32-4)24(19)33-5/h6-12,15,20H,13-14H2,1-5H3. The number of nitro benzene ring substituents is 1. The van der Waals surface area contributed by atoms with E-state index in [1.807, 2.05) is 0 Å². The molecule has 0 aliphatic carbocycles. The molecule has 9 nitrogen and oxygen atoms in total. The van der Waals surface area contributed by atoms with E-state index >= 15 is 0 Å². The third-order valence-electron chi connectivity index (χ3n) is 5.66. The van der Waals surface area contributed by atoms with Crippen LogP contribution < -0.4 is 9.47 Å². The van der Waals surface area contributed by atoms with Crippen LogP contribution in [0.5, 0.6) is 11.5 Å². The van der Waals surface area contributed by atoms with E-state index in [9.17, 15) is 19.7 Å². The molecule has 0 bridgehead atoms. The molecule has 2 aromatic rings. The molecule has 0 radical (unpaired) electrons. The molecule has 0 saturated heterocycles. The highest BCUT2D eigenvalue weighted by molar-refractivity contribution is 5.96. The van der Waals surface area contributed by atoms with Gasteiger partial charge in [0.25, 0.3) is 5.69 Å². The second-order valence-electron chi connectivity index (χ2n) is 8.20. The van der Waals surface area contributed by atoms with Crippen molar-refractivity contribution in [1.29, 1.82) is 0 Å². The second-order valence-corrected chi connectivity index (χ2v) is 8.20. The average molecular weight is 469 g/mol. The van der Waals surface area contributed by atoms with Gasteiger partial charge in [-0.15, -0.1) is 0 Å². The molecule has 0 N–H and O–H groups in total. The molecule has 2 aromatic carbocycles. The number of non-ortho nitro benzene ring substituents is 1. The fourth-order valence-corrected chi connectivity index (χ4v) is 4.15. The van der Waals surface area contributed by atoms with Gasteiger partial charge in [0.1, 0.15) is 0 Å². The number of esters is 1. The largest absolute Gasteiger partial charge is 0.493 e. The van der Waals surface area contributed by atoms with E-state index in [1.54, 1.807) is 51.1 Å². The predicted molar refractivity (Wildman–Crippen MR) is 124 cm³/mol. The third kappa shape index (κ3) is 5.03. The molecule has 1 atom stereocenters. The lowest BCUT2D eigenvalue weighted by Gasteiger charge is -2.35. The number of para-hydroxylation sites is 1. The van der Waals surface area contributed by atoms with E-state index in [1.165, 1.54) is 31.3 Å². The molecule has 9 heteroatoms. The molecule has 34 heavy (non-hydrogen) atoms. The topological polar surface area (TPSA) is 108 Å². The maximum Gasteiger partial charge on any atom is 0.336 e. The van der Waals surface area contributed by atoms with Gasteiger partial charge in [-0.05, 0) is 32.4 Å². The summed E-state index contributed by atoms with van der Waals surface area (Å²) in [6.45, 7) is 5.28. The molecule has 0 saturated carbocycles. The van der Waals surface area contributed by atoms with Gasteiger partial charge < -0.3 is 19.1 Å². The zero-order chi connectivity index (χ0) is 25.0. The summed E-state index contributed by atoms with van der Waals surface area (Å²) < 4.78 is 16.5. The Kier molecular flexibility index (Phi) is 7.55. The van der Waals surface area contributed by atoms with Crippen LogP contribution in [0.15, 0.2) is 53.7 Å². The van der Waals surface area contributed by atoms with Crippen LogP contribution in [-0.2, 0) is 20.9 Å². The van der Waals surface area contributed by atoms with Crippen LogP contribution in [0.2, 0.25) is 0 Å². The van der Waals surface area contributed by atoms with Gasteiger partial charge in [-0.25, -0.2) is 4.79 Å². The fourth-order valence-electron chi connectivity index (χ4n) is 4.15. The lowest BCUT2D eigenvalue weighted by molar-refractivity contribution is -0.384. The van der Waals surface area contributed by atoms with E-state index in [-0.39, 0.29) is 30.7 Å². The summed E-state index contributed by atoms with van der Waals surface area (Å²) in [5.74, 6) is -0.428. The number of allylic oxidation sites excluding steroid dienone is 1. The molecule has 1 aliphatic rings. The molecule has 3 rings (SSSR count). The summed E-state index contributed by atoms with van der Waals surface area (Å²) in [5, 5.41) is 11.2. The van der Waals surface area contributed by atoms with Gasteiger partial charge in [0.05, 0.1) is 37.4 Å². The SMILES string of the molecule is COc1cccc(C2CC(=O)N(Cc3cccc([N+](=O)[O-])c3)C(C)=C2C(=O)OC(C)C)c1OC. The van der Waals surface area contributed by atoms with E-state index in [2.05, 4.69) is 0 Å². The third-order valence-corrected chi connectivity index (χ3v) is 5.66. The van der Waals surface area contributed by atoms with Gasteiger partial charge >= 0.3 is 5.97 Å². The second kappa shape index (κ2) is 10.4. The Morgan fingerprint density at radius 2 is 1.88 bits per heavy atom. The summed E-state index contributed by atoms with van der Waals surface area (Å²) in [7, 11) is 3.02. The van der Waals surface area contributed by atoms with Crippen molar-refractivity contribution < 1.29 is 28.7 Å². The Labute approximate surface area is 198 Å². The van der Waals surface area contributed by atoms with Crippen molar-refractivity contribution in [2.75, 3.05) is 14.2 Å². The monoisotopic (exact) mass is 468 g/mol. The molecule has 1 heterocycles. The fraction of sp³-hybridized carbons (Fsp3) is 0.360. The van der Waals surface area contributed by atoms with Crippen molar-refractivity contribution in [3.05, 3.63) is 75.0 Å². The van der Waals surface area contributed by atoms with Gasteiger partial charge in [-0.3, -0.25) is 14.9 Å². The Balaban J connectivity index is 2.11. The van der Waals surface area contributed by atoms with Crippen LogP contribution >= 0.6 is 0 Å². The average Bonchev–Trinajstić information content (AvgIpc) is 2.80. The number of carbonyl (C=O) groups excluding carboxylic acids is 2. The van der Waals surface area contributed by atoms with Gasteiger partial charge in [0, 0.05) is 35.7 Å². The number of methoxy groups -OCH3 is 2. The minimum absolute atomic E-state index is 0.00166. The number of nitro groups is 1. The molecular formula is C25H28N2O7. The molecule has 1 amide bonds. The molecule has 1 aliphatic heterocycles. The highest BCUT2D eigenvalue weighted by Crippen LogP contribution is 2.44. The van der Waals surface area contributed by atoms with E-state index in [0.717, 1.165) is 0 Å². The number of amides is 1. The van der Waals surface area contributed by atoms with Crippen molar-refractivity contribution in [3.8, 4) is 11.5 Å². The number of carbonyl (C=O) groups is 2. The molecule has 0 fully saturated rings. The van der Waals surface area contributed by atoms with E-state index in [0.29, 0.717) is 33.9 Å². The van der Waals surface area contributed by atoms with Crippen LogP contribution in [0.25, 0.3) is 0 Å². The lowest BCUT2D eigenvalue weighted by Crippen LogP contribution is -2.38. The first-order valence-corrected chi connectivity index (χ1v) is 10.8. The zero-order valence-corrected chi connectivity index (χ0v) is 19.9. The van der Waals surface area contributed by atoms with Gasteiger partial charge in [-0.1, -0.05) is 24.3 Å². The first kappa shape index (κ1) is 24.8. The van der Waals surface area contributed by atoms with Crippen LogP contribution in [0.3, 0.4) is 0 Å². The molecule has 1 unspecified atom stereocenters. The number of rotatable bonds is 8. The van der Waals surface area contributed by atoms with Gasteiger partial charge in [-0.2, -0.15) is 0 Å². The van der Waals surface area contributed by atoms with Crippen LogP contribution in [0.1, 0.15) is 44.2 Å². The highest BCUT2D eigenvalue weighted by atomic mass is 16.6. The van der Waals surface area contributed by atoms with Crippen molar-refractivity contribution >= 4 is 17.6 Å². The molecular weight excluding hydrogens is 440 g/mol. The minimum Gasteiger partial charge on any atom is -0.493 e. The summed E-state index contributed by atoms with van der Waals surface area (Å²) in [6.07, 6.45) is -0.360. The zero-order valence-electron chi connectivity index (χ0n) is 19.9. The molecule has 0 aromatic heterocycles. The quantitative estimate of drug-likeness (QED) is 0.322. The van der Waals surface area contributed by atoms with Crippen molar-refractivity contribution in [1.82, 2.24) is 4.90 Å². The van der Waals surface area contributed by atoms with Crippen LogP contribution in [-0.4, -0.2) is 42.0 Å². The highest BCUT2D eigenvalue weighted by Gasteiger charge is 2.39. The Hall–Kier alpha value is -3.88. The Morgan fingerprint density at radius 1 is 1.18 bits per heavy atom. The summed E-state index contributed by atoms with van der Waals surface area (Å²) >= 11 is 0.